The van der Waals surface area contributed by atoms with Gasteiger partial charge in [-0.05, 0) is 32.1 Å². The monoisotopic (exact) mass is 470 g/mol. The van der Waals surface area contributed by atoms with Crippen molar-refractivity contribution in [2.24, 2.45) is 5.92 Å². The van der Waals surface area contributed by atoms with E-state index in [1.54, 1.807) is 6.92 Å². The van der Waals surface area contributed by atoms with Gasteiger partial charge in [0.2, 0.25) is 0 Å². The Morgan fingerprint density at radius 3 is 1.82 bits per heavy atom. The van der Waals surface area contributed by atoms with E-state index in [1.807, 2.05) is 0 Å². The smallest absolute Gasteiger partial charge is 0.306 e. The Kier molecular flexibility index (Phi) is 23.2. The van der Waals surface area contributed by atoms with Crippen LogP contribution in [0.1, 0.15) is 143 Å². The van der Waals surface area contributed by atoms with Crippen LogP contribution in [-0.2, 0) is 19.1 Å². The number of hydrogen-bond acceptors (Lipinski definition) is 5. The molecule has 0 aliphatic rings. The first-order valence-electron chi connectivity index (χ1n) is 14.0. The Balaban J connectivity index is 3.77. The Labute approximate surface area is 204 Å². The van der Waals surface area contributed by atoms with Crippen molar-refractivity contribution < 1.29 is 24.2 Å². The zero-order valence-corrected chi connectivity index (χ0v) is 22.1. The number of carbonyl (C=O) groups is 2. The normalized spacial score (nSPS) is 13.0. The molecule has 196 valence electrons. The minimum absolute atomic E-state index is 0.0372. The maximum absolute atomic E-state index is 12.1. The Hall–Kier alpha value is -1.10. The van der Waals surface area contributed by atoms with E-state index in [-0.39, 0.29) is 24.6 Å². The minimum Gasteiger partial charge on any atom is -0.466 e. The van der Waals surface area contributed by atoms with Crippen molar-refractivity contribution in [2.75, 3.05) is 13.2 Å². The predicted octanol–water partition coefficient (Wildman–Crippen LogP) is 7.52. The summed E-state index contributed by atoms with van der Waals surface area (Å²) in [6.45, 7) is 6.91. The lowest BCUT2D eigenvalue weighted by molar-refractivity contribution is -0.149. The van der Waals surface area contributed by atoms with E-state index in [2.05, 4.69) is 13.8 Å². The van der Waals surface area contributed by atoms with Crippen molar-refractivity contribution in [3.05, 3.63) is 0 Å². The molecule has 0 rings (SSSR count). The molecule has 0 heterocycles. The van der Waals surface area contributed by atoms with Gasteiger partial charge in [-0.15, -0.1) is 0 Å². The number of aliphatic hydroxyl groups excluding tert-OH is 1. The molecule has 2 atom stereocenters. The number of unbranched alkanes of at least 4 members (excludes halogenated alkanes) is 10. The molecule has 1 N–H and O–H groups in total. The molecule has 0 radical (unpaired) electrons. The van der Waals surface area contributed by atoms with Gasteiger partial charge in [-0.3, -0.25) is 9.59 Å². The maximum Gasteiger partial charge on any atom is 0.306 e. The first kappa shape index (κ1) is 31.9. The molecule has 0 fully saturated rings. The zero-order valence-electron chi connectivity index (χ0n) is 22.1. The summed E-state index contributed by atoms with van der Waals surface area (Å²) in [6.07, 6.45) is 19.9. The molecule has 0 bridgehead atoms. The average Bonchev–Trinajstić information content (AvgIpc) is 2.78. The Morgan fingerprint density at radius 2 is 1.18 bits per heavy atom. The van der Waals surface area contributed by atoms with Crippen LogP contribution in [0.3, 0.4) is 0 Å². The van der Waals surface area contributed by atoms with Crippen molar-refractivity contribution >= 4 is 11.9 Å². The fourth-order valence-electron chi connectivity index (χ4n) is 4.16. The summed E-state index contributed by atoms with van der Waals surface area (Å²) in [4.78, 5) is 23.7. The van der Waals surface area contributed by atoms with Gasteiger partial charge < -0.3 is 14.6 Å². The highest BCUT2D eigenvalue weighted by molar-refractivity contribution is 5.69. The van der Waals surface area contributed by atoms with Crippen molar-refractivity contribution in [1.29, 1.82) is 0 Å². The summed E-state index contributed by atoms with van der Waals surface area (Å²) in [5, 5.41) is 8.83. The summed E-state index contributed by atoms with van der Waals surface area (Å²) in [7, 11) is 0. The molecule has 0 aromatic rings. The van der Waals surface area contributed by atoms with Gasteiger partial charge in [-0.25, -0.2) is 0 Å². The van der Waals surface area contributed by atoms with Crippen molar-refractivity contribution in [3.8, 4) is 0 Å². The van der Waals surface area contributed by atoms with E-state index < -0.39 is 0 Å². The molecule has 0 aliphatic heterocycles. The van der Waals surface area contributed by atoms with E-state index in [0.29, 0.717) is 31.8 Å². The minimum atomic E-state index is -0.217. The second-order valence-electron chi connectivity index (χ2n) is 9.65. The van der Waals surface area contributed by atoms with E-state index >= 15 is 0 Å². The van der Waals surface area contributed by atoms with Crippen molar-refractivity contribution in [3.63, 3.8) is 0 Å². The van der Waals surface area contributed by atoms with Crippen LogP contribution in [-0.4, -0.2) is 36.4 Å². The number of carbonyl (C=O) groups excluding carboxylic acids is 2. The number of esters is 2. The topological polar surface area (TPSA) is 72.8 Å². The molecule has 2 unspecified atom stereocenters. The lowest BCUT2D eigenvalue weighted by Crippen LogP contribution is -2.15. The standard InChI is InChI=1S/C28H54O5/c1-4-6-8-10-14-18-26(17-13-7-5-2)22-24-32-27(30)19-15-11-9-12-16-20-28(31)33-25(3)21-23-29/h25-26,29H,4-24H2,1-3H3. The molecule has 5 nitrogen and oxygen atoms in total. The van der Waals surface area contributed by atoms with Gasteiger partial charge in [-0.1, -0.05) is 97.3 Å². The van der Waals surface area contributed by atoms with Gasteiger partial charge >= 0.3 is 11.9 Å². The molecule has 0 spiro atoms. The number of ether oxygens (including phenoxy) is 2. The summed E-state index contributed by atoms with van der Waals surface area (Å²) in [6, 6.07) is 0. The Bertz CT molecular complexity index is 452. The van der Waals surface area contributed by atoms with Crippen LogP contribution < -0.4 is 0 Å². The lowest BCUT2D eigenvalue weighted by Gasteiger charge is -2.17. The van der Waals surface area contributed by atoms with Crippen molar-refractivity contribution in [1.82, 2.24) is 0 Å². The third kappa shape index (κ3) is 22.5. The van der Waals surface area contributed by atoms with Gasteiger partial charge in [0.15, 0.2) is 0 Å². The van der Waals surface area contributed by atoms with Crippen LogP contribution in [0.15, 0.2) is 0 Å². The van der Waals surface area contributed by atoms with Crippen LogP contribution in [0.5, 0.6) is 0 Å². The van der Waals surface area contributed by atoms with E-state index in [1.165, 1.54) is 64.2 Å². The summed E-state index contributed by atoms with van der Waals surface area (Å²) < 4.78 is 10.7. The van der Waals surface area contributed by atoms with Crippen LogP contribution in [0.2, 0.25) is 0 Å². The molecule has 0 aliphatic carbocycles. The average molecular weight is 471 g/mol. The highest BCUT2D eigenvalue weighted by atomic mass is 16.5. The third-order valence-electron chi connectivity index (χ3n) is 6.35. The van der Waals surface area contributed by atoms with E-state index in [9.17, 15) is 9.59 Å². The zero-order chi connectivity index (χ0) is 24.6. The van der Waals surface area contributed by atoms with Gasteiger partial charge in [0.25, 0.3) is 0 Å². The molecule has 0 saturated carbocycles. The quantitative estimate of drug-likeness (QED) is 0.117. The number of rotatable bonds is 24. The highest BCUT2D eigenvalue weighted by Crippen LogP contribution is 2.21. The van der Waals surface area contributed by atoms with Gasteiger partial charge in [0, 0.05) is 25.9 Å². The van der Waals surface area contributed by atoms with Gasteiger partial charge in [0.1, 0.15) is 6.10 Å². The van der Waals surface area contributed by atoms with Gasteiger partial charge in [-0.2, -0.15) is 0 Å². The molecule has 33 heavy (non-hydrogen) atoms. The summed E-state index contributed by atoms with van der Waals surface area (Å²) in [5.74, 6) is 0.449. The summed E-state index contributed by atoms with van der Waals surface area (Å²) >= 11 is 0. The Morgan fingerprint density at radius 1 is 0.667 bits per heavy atom. The molecule has 0 aromatic heterocycles. The fraction of sp³-hybridized carbons (Fsp3) is 0.929. The molecule has 0 aromatic carbocycles. The maximum atomic E-state index is 12.1. The molecular weight excluding hydrogens is 416 g/mol. The number of aliphatic hydroxyl groups is 1. The first-order valence-corrected chi connectivity index (χ1v) is 14.0. The van der Waals surface area contributed by atoms with Crippen LogP contribution in [0, 0.1) is 5.92 Å². The van der Waals surface area contributed by atoms with Crippen molar-refractivity contribution in [2.45, 2.75) is 149 Å². The lowest BCUT2D eigenvalue weighted by atomic mass is 9.92. The second kappa shape index (κ2) is 24.0. The van der Waals surface area contributed by atoms with Gasteiger partial charge in [0.05, 0.1) is 6.61 Å². The van der Waals surface area contributed by atoms with Crippen LogP contribution >= 0.6 is 0 Å². The predicted molar refractivity (Wildman–Crippen MR) is 136 cm³/mol. The fourth-order valence-corrected chi connectivity index (χ4v) is 4.16. The van der Waals surface area contributed by atoms with E-state index in [4.69, 9.17) is 14.6 Å². The third-order valence-corrected chi connectivity index (χ3v) is 6.35. The summed E-state index contributed by atoms with van der Waals surface area (Å²) in [5.41, 5.74) is 0. The van der Waals surface area contributed by atoms with Crippen LogP contribution in [0.4, 0.5) is 0 Å². The molecule has 0 amide bonds. The SMILES string of the molecule is CCCCCCCC(CCCCC)CCOC(=O)CCCCCCCC(=O)OC(C)CCO. The second-order valence-corrected chi connectivity index (χ2v) is 9.65. The molecule has 0 saturated heterocycles. The first-order chi connectivity index (χ1) is 16.0. The molecular formula is C28H54O5. The largest absolute Gasteiger partial charge is 0.466 e. The highest BCUT2D eigenvalue weighted by Gasteiger charge is 2.11. The number of hydrogen-bond donors (Lipinski definition) is 1. The van der Waals surface area contributed by atoms with Crippen LogP contribution in [0.25, 0.3) is 0 Å². The van der Waals surface area contributed by atoms with E-state index in [0.717, 1.165) is 38.5 Å². The molecule has 5 heteroatoms.